The molecular formula is C25H37ClF3N5O. The van der Waals surface area contributed by atoms with Crippen molar-refractivity contribution in [3.63, 3.8) is 0 Å². The predicted molar refractivity (Wildman–Crippen MR) is 138 cm³/mol. The van der Waals surface area contributed by atoms with Gasteiger partial charge in [0.25, 0.3) is 0 Å². The Balaban J connectivity index is 0.00000375. The van der Waals surface area contributed by atoms with E-state index >= 15 is 0 Å². The quantitative estimate of drug-likeness (QED) is 0.333. The number of aromatic nitrogens is 1. The van der Waals surface area contributed by atoms with Gasteiger partial charge in [-0.3, -0.25) is 9.98 Å². The highest BCUT2D eigenvalue weighted by Crippen LogP contribution is 2.22. The summed E-state index contributed by atoms with van der Waals surface area (Å²) in [5.41, 5.74) is 0.715. The summed E-state index contributed by atoms with van der Waals surface area (Å²) in [4.78, 5) is 10.2. The molecule has 1 saturated heterocycles. The second-order valence-electron chi connectivity index (χ2n) is 7.47. The Morgan fingerprint density at radius 3 is 2.77 bits per heavy atom. The van der Waals surface area contributed by atoms with Crippen LogP contribution in [0, 0.1) is 18.3 Å². The van der Waals surface area contributed by atoms with E-state index in [-0.39, 0.29) is 24.4 Å². The van der Waals surface area contributed by atoms with E-state index in [0.717, 1.165) is 12.8 Å². The van der Waals surface area contributed by atoms with Crippen LogP contribution in [0.5, 0.6) is 5.75 Å². The fourth-order valence-electron chi connectivity index (χ4n) is 3.16. The first-order valence-electron chi connectivity index (χ1n) is 11.5. The van der Waals surface area contributed by atoms with E-state index in [4.69, 9.17) is 11.2 Å². The molecule has 1 aliphatic heterocycles. The zero-order valence-corrected chi connectivity index (χ0v) is 21.7. The molecule has 2 heterocycles. The van der Waals surface area contributed by atoms with Gasteiger partial charge in [-0.15, -0.1) is 18.8 Å². The normalized spacial score (nSPS) is 17.2. The second kappa shape index (κ2) is 16.8. The molecule has 1 fully saturated rings. The van der Waals surface area contributed by atoms with Crippen molar-refractivity contribution in [1.29, 1.82) is 0 Å². The van der Waals surface area contributed by atoms with Gasteiger partial charge >= 0.3 is 6.18 Å². The topological polar surface area (TPSA) is 61.8 Å². The Labute approximate surface area is 213 Å². The molecule has 10 heteroatoms. The maximum absolute atomic E-state index is 12.6. The van der Waals surface area contributed by atoms with Gasteiger partial charge in [-0.2, -0.15) is 13.2 Å². The summed E-state index contributed by atoms with van der Waals surface area (Å²) in [7, 11) is 0. The van der Waals surface area contributed by atoms with E-state index in [0.29, 0.717) is 49.1 Å². The first-order chi connectivity index (χ1) is 16.2. The highest BCUT2D eigenvalue weighted by molar-refractivity contribution is 5.85. The van der Waals surface area contributed by atoms with Crippen LogP contribution in [0.15, 0.2) is 53.3 Å². The third-order valence-electron chi connectivity index (χ3n) is 5.08. The van der Waals surface area contributed by atoms with Crippen molar-refractivity contribution in [3.05, 3.63) is 48.3 Å². The van der Waals surface area contributed by atoms with Crippen LogP contribution in [0.4, 0.5) is 13.2 Å². The Morgan fingerprint density at radius 2 is 2.20 bits per heavy atom. The monoisotopic (exact) mass is 515 g/mol. The summed E-state index contributed by atoms with van der Waals surface area (Å²) in [5, 5.41) is 6.44. The Morgan fingerprint density at radius 1 is 1.49 bits per heavy atom. The molecule has 2 atom stereocenters. The zero-order valence-electron chi connectivity index (χ0n) is 20.9. The summed E-state index contributed by atoms with van der Waals surface area (Å²) >= 11 is 0. The van der Waals surface area contributed by atoms with Crippen LogP contribution < -0.4 is 15.4 Å². The molecule has 0 amide bonds. The number of allylic oxidation sites excluding steroid dienone is 2. The van der Waals surface area contributed by atoms with Crippen molar-refractivity contribution in [2.45, 2.75) is 52.8 Å². The van der Waals surface area contributed by atoms with Gasteiger partial charge in [0.2, 0.25) is 0 Å². The molecule has 1 aromatic rings. The lowest BCUT2D eigenvalue weighted by molar-refractivity contribution is -0.120. The second-order valence-corrected chi connectivity index (χ2v) is 7.47. The summed E-state index contributed by atoms with van der Waals surface area (Å²) in [6, 6.07) is 3.60. The number of nitrogens with zero attached hydrogens (tertiary/aromatic N) is 3. The zero-order chi connectivity index (χ0) is 25.6. The van der Waals surface area contributed by atoms with Gasteiger partial charge in [-0.05, 0) is 18.6 Å². The molecular weight excluding hydrogens is 479 g/mol. The molecule has 1 aliphatic rings. The molecule has 6 nitrogen and oxygen atoms in total. The average molecular weight is 516 g/mol. The highest BCUT2D eigenvalue weighted by atomic mass is 35.5. The summed E-state index contributed by atoms with van der Waals surface area (Å²) in [6.45, 7) is 14.4. The first kappa shape index (κ1) is 32.3. The third kappa shape index (κ3) is 11.5. The number of hydrogen-bond acceptors (Lipinski definition) is 6. The standard InChI is InChI=1S/C23H30F3N5O.C2H6.ClH/c1-5-17(3)22(29-11-9-23(24,25)26)21(6-2)30-18(4)31-13-12-28-14-19(31)16-32-20-8-7-10-27-15-20;1-2;/h2,7-8,10-11,15,17,19,28,30H,4-5,9,12-14,16H2,1,3H3;1-2H3;1H/b22-21+,29-11?;;. The van der Waals surface area contributed by atoms with Crippen molar-refractivity contribution < 1.29 is 17.9 Å². The van der Waals surface area contributed by atoms with Crippen LogP contribution in [0.1, 0.15) is 40.5 Å². The minimum atomic E-state index is -4.32. The van der Waals surface area contributed by atoms with Crippen LogP contribution in [0.3, 0.4) is 0 Å². The molecule has 2 rings (SSSR count). The van der Waals surface area contributed by atoms with Crippen molar-refractivity contribution >= 4 is 18.6 Å². The average Bonchev–Trinajstić information content (AvgIpc) is 2.85. The van der Waals surface area contributed by atoms with E-state index in [1.807, 2.05) is 38.7 Å². The highest BCUT2D eigenvalue weighted by Gasteiger charge is 2.26. The van der Waals surface area contributed by atoms with E-state index in [1.54, 1.807) is 18.5 Å². The number of halogens is 4. The number of aliphatic imine (C=N–C) groups is 1. The molecule has 0 aromatic carbocycles. The lowest BCUT2D eigenvalue weighted by atomic mass is 10.0. The maximum atomic E-state index is 12.6. The number of rotatable bonds is 10. The number of alkyl halides is 3. The lowest BCUT2D eigenvalue weighted by Crippen LogP contribution is -2.54. The molecule has 35 heavy (non-hydrogen) atoms. The van der Waals surface area contributed by atoms with Crippen LogP contribution >= 0.6 is 12.4 Å². The van der Waals surface area contributed by atoms with Gasteiger partial charge in [0.05, 0.1) is 30.2 Å². The fraction of sp³-hybridized carbons (Fsp3) is 0.520. The van der Waals surface area contributed by atoms with E-state index in [2.05, 4.69) is 33.1 Å². The number of terminal acetylenes is 1. The van der Waals surface area contributed by atoms with Crippen LogP contribution in [-0.2, 0) is 0 Å². The molecule has 0 bridgehead atoms. The van der Waals surface area contributed by atoms with Gasteiger partial charge in [0, 0.05) is 38.0 Å². The molecule has 0 spiro atoms. The summed E-state index contributed by atoms with van der Waals surface area (Å²) in [6.07, 6.45) is 5.12. The van der Waals surface area contributed by atoms with Crippen LogP contribution in [-0.4, -0.2) is 54.6 Å². The Kier molecular flexibility index (Phi) is 15.5. The Hall–Kier alpha value is -2.70. The molecule has 0 saturated carbocycles. The number of ether oxygens (including phenoxy) is 1. The van der Waals surface area contributed by atoms with Gasteiger partial charge in [0.1, 0.15) is 18.1 Å². The summed E-state index contributed by atoms with van der Waals surface area (Å²) < 4.78 is 43.5. The molecule has 2 unspecified atom stereocenters. The summed E-state index contributed by atoms with van der Waals surface area (Å²) in [5.74, 6) is 3.63. The molecule has 0 aliphatic carbocycles. The number of hydrogen-bond donors (Lipinski definition) is 2. The minimum Gasteiger partial charge on any atom is -0.490 e. The van der Waals surface area contributed by atoms with Crippen molar-refractivity contribution in [2.75, 3.05) is 26.2 Å². The van der Waals surface area contributed by atoms with Crippen molar-refractivity contribution in [1.82, 2.24) is 20.5 Å². The number of pyridine rings is 1. The van der Waals surface area contributed by atoms with E-state index in [9.17, 15) is 13.2 Å². The van der Waals surface area contributed by atoms with E-state index < -0.39 is 12.6 Å². The maximum Gasteiger partial charge on any atom is 0.393 e. The van der Waals surface area contributed by atoms with Crippen molar-refractivity contribution in [3.8, 4) is 18.1 Å². The lowest BCUT2D eigenvalue weighted by Gasteiger charge is -2.39. The number of nitrogens with one attached hydrogen (secondary N) is 2. The molecule has 0 radical (unpaired) electrons. The minimum absolute atomic E-state index is 0. The Bertz CT molecular complexity index is 853. The van der Waals surface area contributed by atoms with Crippen LogP contribution in [0.2, 0.25) is 0 Å². The van der Waals surface area contributed by atoms with Crippen molar-refractivity contribution in [2.24, 2.45) is 10.9 Å². The van der Waals surface area contributed by atoms with Gasteiger partial charge in [-0.25, -0.2) is 0 Å². The predicted octanol–water partition coefficient (Wildman–Crippen LogP) is 5.16. The first-order valence-corrected chi connectivity index (χ1v) is 11.5. The SMILES string of the molecule is C#C/C(NC(=C)N1CCNCC1COc1cccnc1)=C(\N=CCC(F)(F)F)C(C)CC.CC.Cl. The van der Waals surface area contributed by atoms with E-state index in [1.165, 1.54) is 0 Å². The number of piperazine rings is 1. The molecule has 196 valence electrons. The fourth-order valence-corrected chi connectivity index (χ4v) is 3.16. The van der Waals surface area contributed by atoms with Gasteiger partial charge < -0.3 is 20.3 Å². The van der Waals surface area contributed by atoms with Crippen LogP contribution in [0.25, 0.3) is 0 Å². The van der Waals surface area contributed by atoms with Gasteiger partial charge in [-0.1, -0.05) is 40.2 Å². The third-order valence-corrected chi connectivity index (χ3v) is 5.08. The molecule has 2 N–H and O–H groups in total. The largest absolute Gasteiger partial charge is 0.490 e. The molecule has 1 aromatic heterocycles. The smallest absolute Gasteiger partial charge is 0.393 e. The van der Waals surface area contributed by atoms with Gasteiger partial charge in [0.15, 0.2) is 0 Å².